The summed E-state index contributed by atoms with van der Waals surface area (Å²) in [5.74, 6) is 0.761. The van der Waals surface area contributed by atoms with Crippen molar-refractivity contribution in [2.45, 2.75) is 19.4 Å². The van der Waals surface area contributed by atoms with E-state index in [9.17, 15) is 5.11 Å². The lowest BCUT2D eigenvalue weighted by atomic mass is 10.0. The molecule has 0 spiro atoms. The fraction of sp³-hybridized carbons (Fsp3) is 0.250. The van der Waals surface area contributed by atoms with Gasteiger partial charge in [0, 0.05) is 9.13 Å². The molecule has 19 heavy (non-hydrogen) atoms. The van der Waals surface area contributed by atoms with Crippen molar-refractivity contribution in [3.8, 4) is 5.75 Å². The molecule has 1 N–H and O–H groups in total. The van der Waals surface area contributed by atoms with Gasteiger partial charge in [-0.05, 0) is 46.7 Å². The largest absolute Gasteiger partial charge is 0.493 e. The summed E-state index contributed by atoms with van der Waals surface area (Å²) in [6.07, 6.45) is 0.300. The molecule has 2 nitrogen and oxygen atoms in total. The Morgan fingerprint density at radius 1 is 1.05 bits per heavy atom. The molecule has 0 aliphatic rings. The molecule has 0 saturated carbocycles. The second-order valence-electron chi connectivity index (χ2n) is 4.31. The van der Waals surface area contributed by atoms with Crippen molar-refractivity contribution in [1.29, 1.82) is 0 Å². The molecule has 0 saturated heterocycles. The molecule has 3 heteroatoms. The predicted molar refractivity (Wildman–Crippen MR) is 85.4 cm³/mol. The van der Waals surface area contributed by atoms with Gasteiger partial charge >= 0.3 is 0 Å². The van der Waals surface area contributed by atoms with Gasteiger partial charge in [-0.2, -0.15) is 0 Å². The van der Waals surface area contributed by atoms with Gasteiger partial charge in [0.25, 0.3) is 0 Å². The highest BCUT2D eigenvalue weighted by molar-refractivity contribution is 14.1. The molecule has 2 aromatic carbocycles. The zero-order valence-corrected chi connectivity index (χ0v) is 13.0. The Bertz CT molecular complexity index is 540. The third-order valence-corrected chi connectivity index (χ3v) is 3.86. The molecule has 2 aromatic rings. The fourth-order valence-corrected chi connectivity index (χ4v) is 2.60. The lowest BCUT2D eigenvalue weighted by Gasteiger charge is -2.17. The first-order valence-corrected chi connectivity index (χ1v) is 7.46. The fourth-order valence-electron chi connectivity index (χ4n) is 1.91. The average molecular weight is 368 g/mol. The minimum atomic E-state index is -0.652. The molecule has 1 atom stereocenters. The van der Waals surface area contributed by atoms with E-state index in [1.54, 1.807) is 0 Å². The number of hydrogen-bond acceptors (Lipinski definition) is 2. The summed E-state index contributed by atoms with van der Waals surface area (Å²) in [4.78, 5) is 0. The Morgan fingerprint density at radius 3 is 2.37 bits per heavy atom. The first kappa shape index (κ1) is 14.3. The highest BCUT2D eigenvalue weighted by Gasteiger charge is 2.17. The monoisotopic (exact) mass is 368 g/mol. The second-order valence-corrected chi connectivity index (χ2v) is 5.47. The van der Waals surface area contributed by atoms with Gasteiger partial charge in [0.05, 0.1) is 6.61 Å². The maximum absolute atomic E-state index is 10.6. The van der Waals surface area contributed by atoms with Gasteiger partial charge in [0.2, 0.25) is 0 Å². The minimum Gasteiger partial charge on any atom is -0.493 e. The Hall–Kier alpha value is -1.07. The topological polar surface area (TPSA) is 29.5 Å². The summed E-state index contributed by atoms with van der Waals surface area (Å²) in [5, 5.41) is 10.6. The Labute approximate surface area is 127 Å². The molecule has 0 aliphatic heterocycles. The zero-order chi connectivity index (χ0) is 13.7. The van der Waals surface area contributed by atoms with Crippen LogP contribution in [0.4, 0.5) is 0 Å². The third-order valence-electron chi connectivity index (χ3n) is 2.88. The van der Waals surface area contributed by atoms with E-state index in [0.29, 0.717) is 6.61 Å². The summed E-state index contributed by atoms with van der Waals surface area (Å²) in [6.45, 7) is 2.73. The minimum absolute atomic E-state index is 0.652. The highest BCUT2D eigenvalue weighted by Crippen LogP contribution is 2.32. The van der Waals surface area contributed by atoms with Crippen LogP contribution in [-0.2, 0) is 0 Å². The van der Waals surface area contributed by atoms with Crippen molar-refractivity contribution >= 4 is 22.6 Å². The van der Waals surface area contributed by atoms with Crippen LogP contribution in [0, 0.1) is 3.57 Å². The summed E-state index contributed by atoms with van der Waals surface area (Å²) in [7, 11) is 0. The summed E-state index contributed by atoms with van der Waals surface area (Å²) in [5.41, 5.74) is 1.73. The van der Waals surface area contributed by atoms with Gasteiger partial charge in [-0.25, -0.2) is 0 Å². The smallest absolute Gasteiger partial charge is 0.125 e. The van der Waals surface area contributed by atoms with E-state index in [2.05, 4.69) is 29.5 Å². The standard InChI is InChI=1S/C16H17IO2/c1-2-11-19-15-10-6-4-8-13(15)16(18)12-7-3-5-9-14(12)17/h3-10,16,18H,2,11H2,1H3. The lowest BCUT2D eigenvalue weighted by molar-refractivity contribution is 0.210. The molecule has 0 heterocycles. The Balaban J connectivity index is 2.33. The van der Waals surface area contributed by atoms with Crippen LogP contribution in [0.15, 0.2) is 48.5 Å². The van der Waals surface area contributed by atoms with E-state index in [4.69, 9.17) is 4.74 Å². The van der Waals surface area contributed by atoms with E-state index in [1.165, 1.54) is 0 Å². The SMILES string of the molecule is CCCOc1ccccc1C(O)c1ccccc1I. The van der Waals surface area contributed by atoms with Crippen LogP contribution < -0.4 is 4.74 Å². The number of para-hydroxylation sites is 1. The van der Waals surface area contributed by atoms with E-state index < -0.39 is 6.10 Å². The van der Waals surface area contributed by atoms with Crippen molar-refractivity contribution in [3.05, 3.63) is 63.2 Å². The van der Waals surface area contributed by atoms with Gasteiger partial charge in [-0.3, -0.25) is 0 Å². The van der Waals surface area contributed by atoms with Gasteiger partial charge < -0.3 is 9.84 Å². The van der Waals surface area contributed by atoms with Crippen molar-refractivity contribution in [2.24, 2.45) is 0 Å². The summed E-state index contributed by atoms with van der Waals surface area (Å²) >= 11 is 2.24. The third kappa shape index (κ3) is 3.48. The second kappa shape index (κ2) is 6.91. The molecule has 2 rings (SSSR count). The molecule has 0 aliphatic carbocycles. The number of halogens is 1. The number of aliphatic hydroxyl groups excluding tert-OH is 1. The van der Waals surface area contributed by atoms with Crippen molar-refractivity contribution in [2.75, 3.05) is 6.61 Å². The molecule has 0 amide bonds. The van der Waals surface area contributed by atoms with E-state index >= 15 is 0 Å². The van der Waals surface area contributed by atoms with Gasteiger partial charge in [0.1, 0.15) is 11.9 Å². The number of ether oxygens (including phenoxy) is 1. The van der Waals surface area contributed by atoms with E-state index in [1.807, 2.05) is 48.5 Å². The maximum Gasteiger partial charge on any atom is 0.125 e. The maximum atomic E-state index is 10.6. The Kier molecular flexibility index (Phi) is 5.22. The van der Waals surface area contributed by atoms with Crippen LogP contribution in [0.3, 0.4) is 0 Å². The van der Waals surface area contributed by atoms with Crippen LogP contribution in [-0.4, -0.2) is 11.7 Å². The number of rotatable bonds is 5. The van der Waals surface area contributed by atoms with Crippen LogP contribution in [0.2, 0.25) is 0 Å². The van der Waals surface area contributed by atoms with Gasteiger partial charge in [0.15, 0.2) is 0 Å². The lowest BCUT2D eigenvalue weighted by Crippen LogP contribution is -2.06. The average Bonchev–Trinajstić information content (AvgIpc) is 2.45. The van der Waals surface area contributed by atoms with Crippen molar-refractivity contribution in [1.82, 2.24) is 0 Å². The van der Waals surface area contributed by atoms with Crippen molar-refractivity contribution < 1.29 is 9.84 Å². The van der Waals surface area contributed by atoms with Gasteiger partial charge in [-0.15, -0.1) is 0 Å². The first-order valence-electron chi connectivity index (χ1n) is 6.38. The Morgan fingerprint density at radius 2 is 1.68 bits per heavy atom. The molecule has 0 fully saturated rings. The summed E-state index contributed by atoms with van der Waals surface area (Å²) < 4.78 is 6.76. The van der Waals surface area contributed by atoms with Crippen LogP contribution >= 0.6 is 22.6 Å². The normalized spacial score (nSPS) is 12.2. The number of benzene rings is 2. The molecule has 1 unspecified atom stereocenters. The quantitative estimate of drug-likeness (QED) is 0.804. The highest BCUT2D eigenvalue weighted by atomic mass is 127. The predicted octanol–water partition coefficient (Wildman–Crippen LogP) is 4.16. The summed E-state index contributed by atoms with van der Waals surface area (Å²) in [6, 6.07) is 15.5. The molecular formula is C16H17IO2. The molecular weight excluding hydrogens is 351 g/mol. The van der Waals surface area contributed by atoms with Crippen LogP contribution in [0.1, 0.15) is 30.6 Å². The van der Waals surface area contributed by atoms with Crippen LogP contribution in [0.5, 0.6) is 5.75 Å². The molecule has 100 valence electrons. The number of aliphatic hydroxyl groups is 1. The van der Waals surface area contributed by atoms with Gasteiger partial charge in [-0.1, -0.05) is 43.3 Å². The molecule has 0 radical (unpaired) electrons. The molecule has 0 aromatic heterocycles. The van der Waals surface area contributed by atoms with E-state index in [-0.39, 0.29) is 0 Å². The zero-order valence-electron chi connectivity index (χ0n) is 10.8. The molecule has 0 bridgehead atoms. The van der Waals surface area contributed by atoms with Crippen LogP contribution in [0.25, 0.3) is 0 Å². The first-order chi connectivity index (χ1) is 9.24. The van der Waals surface area contributed by atoms with Crippen molar-refractivity contribution in [3.63, 3.8) is 0 Å². The number of hydrogen-bond donors (Lipinski definition) is 1. The van der Waals surface area contributed by atoms with E-state index in [0.717, 1.165) is 26.9 Å².